The highest BCUT2D eigenvalue weighted by Crippen LogP contribution is 2.10. The molecule has 5 atom stereocenters. The quantitative estimate of drug-likeness (QED) is 0.150. The average molecular weight is 538 g/mol. The van der Waals surface area contributed by atoms with Gasteiger partial charge in [-0.2, -0.15) is 11.8 Å². The van der Waals surface area contributed by atoms with Gasteiger partial charge in [-0.25, -0.2) is 4.79 Å². The Hall–Kier alpha value is -2.63. The second kappa shape index (κ2) is 17.8. The third-order valence-electron chi connectivity index (χ3n) is 6.28. The van der Waals surface area contributed by atoms with Gasteiger partial charge in [0.15, 0.2) is 0 Å². The zero-order chi connectivity index (χ0) is 27.8. The molecule has 37 heavy (non-hydrogen) atoms. The molecule has 0 aliphatic carbocycles. The van der Waals surface area contributed by atoms with Crippen molar-refractivity contribution in [3.8, 4) is 0 Å². The van der Waals surface area contributed by atoms with Crippen LogP contribution in [-0.4, -0.2) is 71.5 Å². The Morgan fingerprint density at radius 2 is 1.49 bits per heavy atom. The van der Waals surface area contributed by atoms with Crippen LogP contribution in [0.15, 0.2) is 30.3 Å². The van der Waals surface area contributed by atoms with Gasteiger partial charge in [0.25, 0.3) is 0 Å². The Bertz CT molecular complexity index is 857. The number of unbranched alkanes of at least 4 members (excludes halogenated alkanes) is 1. The second-order valence-electron chi connectivity index (χ2n) is 9.19. The van der Waals surface area contributed by atoms with Gasteiger partial charge in [-0.05, 0) is 55.7 Å². The van der Waals surface area contributed by atoms with Crippen LogP contribution >= 0.6 is 11.8 Å². The number of thioether (sulfide) groups is 1. The molecule has 3 amide bonds. The topological polar surface area (TPSA) is 177 Å². The molecule has 0 saturated carbocycles. The molecule has 208 valence electrons. The van der Waals surface area contributed by atoms with E-state index < -0.39 is 47.9 Å². The van der Waals surface area contributed by atoms with Gasteiger partial charge < -0.3 is 32.5 Å². The molecular formula is C26H43N5O5S. The van der Waals surface area contributed by atoms with Crippen molar-refractivity contribution in [3.05, 3.63) is 35.9 Å². The number of nitrogens with two attached hydrogens (primary N) is 2. The predicted molar refractivity (Wildman–Crippen MR) is 147 cm³/mol. The highest BCUT2D eigenvalue weighted by Gasteiger charge is 2.30. The van der Waals surface area contributed by atoms with Gasteiger partial charge in [-0.1, -0.05) is 50.6 Å². The molecule has 0 aliphatic heterocycles. The number of carboxylic acid groups (broad SMARTS) is 1. The highest BCUT2D eigenvalue weighted by atomic mass is 32.2. The first-order valence-corrected chi connectivity index (χ1v) is 14.2. The normalized spacial score (nSPS) is 15.1. The molecular weight excluding hydrogens is 494 g/mol. The maximum absolute atomic E-state index is 13.2. The lowest BCUT2D eigenvalue weighted by Crippen LogP contribution is -2.57. The lowest BCUT2D eigenvalue weighted by atomic mass is 9.99. The summed E-state index contributed by atoms with van der Waals surface area (Å²) in [6, 6.07) is 5.20. The van der Waals surface area contributed by atoms with E-state index in [4.69, 9.17) is 11.5 Å². The average Bonchev–Trinajstić information content (AvgIpc) is 2.89. The molecule has 0 saturated heterocycles. The molecule has 8 N–H and O–H groups in total. The summed E-state index contributed by atoms with van der Waals surface area (Å²) in [5.41, 5.74) is 12.4. The van der Waals surface area contributed by atoms with Crippen LogP contribution in [0, 0.1) is 5.92 Å². The Labute approximate surface area is 224 Å². The zero-order valence-electron chi connectivity index (χ0n) is 22.1. The summed E-state index contributed by atoms with van der Waals surface area (Å²) in [5, 5.41) is 17.7. The number of carbonyl (C=O) groups is 4. The largest absolute Gasteiger partial charge is 0.480 e. The number of carboxylic acids is 1. The monoisotopic (exact) mass is 537 g/mol. The van der Waals surface area contributed by atoms with E-state index in [0.717, 1.165) is 5.56 Å². The van der Waals surface area contributed by atoms with Gasteiger partial charge in [0, 0.05) is 6.42 Å². The van der Waals surface area contributed by atoms with E-state index >= 15 is 0 Å². The van der Waals surface area contributed by atoms with Crippen molar-refractivity contribution >= 4 is 35.5 Å². The van der Waals surface area contributed by atoms with Crippen molar-refractivity contribution < 1.29 is 24.3 Å². The van der Waals surface area contributed by atoms with Gasteiger partial charge >= 0.3 is 5.97 Å². The minimum atomic E-state index is -1.17. The Kier molecular flexibility index (Phi) is 15.6. The third kappa shape index (κ3) is 12.0. The van der Waals surface area contributed by atoms with Gasteiger partial charge in [0.2, 0.25) is 17.7 Å². The molecule has 5 unspecified atom stereocenters. The summed E-state index contributed by atoms with van der Waals surface area (Å²) in [4.78, 5) is 50.9. The van der Waals surface area contributed by atoms with Gasteiger partial charge in [-0.15, -0.1) is 0 Å². The van der Waals surface area contributed by atoms with Crippen LogP contribution in [0.2, 0.25) is 0 Å². The Balaban J connectivity index is 3.00. The lowest BCUT2D eigenvalue weighted by molar-refractivity contribution is -0.142. The van der Waals surface area contributed by atoms with Gasteiger partial charge in [0.05, 0.1) is 6.04 Å². The number of nitrogens with one attached hydrogen (secondary N) is 3. The molecule has 0 aliphatic rings. The molecule has 0 bridgehead atoms. The van der Waals surface area contributed by atoms with Crippen molar-refractivity contribution in [2.24, 2.45) is 17.4 Å². The molecule has 0 fully saturated rings. The van der Waals surface area contributed by atoms with Crippen LogP contribution < -0.4 is 27.4 Å². The number of amides is 3. The number of hydrogen-bond donors (Lipinski definition) is 6. The summed E-state index contributed by atoms with van der Waals surface area (Å²) < 4.78 is 0. The fourth-order valence-corrected chi connectivity index (χ4v) is 4.11. The number of hydrogen-bond acceptors (Lipinski definition) is 7. The molecule has 0 radical (unpaired) electrons. The number of benzene rings is 1. The first-order chi connectivity index (χ1) is 17.6. The first-order valence-electron chi connectivity index (χ1n) is 12.8. The Morgan fingerprint density at radius 3 is 2.03 bits per heavy atom. The summed E-state index contributed by atoms with van der Waals surface area (Å²) in [6.07, 6.45) is 4.55. The molecule has 1 aromatic rings. The van der Waals surface area contributed by atoms with Crippen LogP contribution in [-0.2, 0) is 25.6 Å². The van der Waals surface area contributed by atoms with E-state index in [-0.39, 0.29) is 18.8 Å². The van der Waals surface area contributed by atoms with E-state index in [1.807, 2.05) is 26.2 Å². The smallest absolute Gasteiger partial charge is 0.326 e. The van der Waals surface area contributed by atoms with Crippen LogP contribution in [0.4, 0.5) is 0 Å². The van der Waals surface area contributed by atoms with E-state index in [9.17, 15) is 24.3 Å². The van der Waals surface area contributed by atoms with E-state index in [2.05, 4.69) is 16.0 Å². The number of aliphatic carboxylic acids is 1. The first kappa shape index (κ1) is 32.4. The predicted octanol–water partition coefficient (Wildman–Crippen LogP) is 1.02. The summed E-state index contributed by atoms with van der Waals surface area (Å²) in [7, 11) is 0. The molecule has 0 aromatic heterocycles. The fraction of sp³-hybridized carbons (Fsp3) is 0.615. The molecule has 10 nitrogen and oxygen atoms in total. The lowest BCUT2D eigenvalue weighted by Gasteiger charge is -2.26. The van der Waals surface area contributed by atoms with Crippen molar-refractivity contribution in [2.45, 2.75) is 76.5 Å². The van der Waals surface area contributed by atoms with Crippen molar-refractivity contribution in [3.63, 3.8) is 0 Å². The minimum absolute atomic E-state index is 0.0587. The van der Waals surface area contributed by atoms with Crippen LogP contribution in [0.5, 0.6) is 0 Å². The molecule has 11 heteroatoms. The van der Waals surface area contributed by atoms with Gasteiger partial charge in [-0.3, -0.25) is 14.4 Å². The summed E-state index contributed by atoms with van der Waals surface area (Å²) in [6.45, 7) is 4.23. The minimum Gasteiger partial charge on any atom is -0.480 e. The van der Waals surface area contributed by atoms with Crippen LogP contribution in [0.25, 0.3) is 0 Å². The van der Waals surface area contributed by atoms with Crippen LogP contribution in [0.3, 0.4) is 0 Å². The highest BCUT2D eigenvalue weighted by molar-refractivity contribution is 7.98. The molecule has 1 rings (SSSR count). The number of rotatable bonds is 18. The van der Waals surface area contributed by atoms with Crippen molar-refractivity contribution in [2.75, 3.05) is 18.6 Å². The SMILES string of the molecule is CCC(C)C(N)C(=O)NC(CCSC)C(=O)NC(CCCCN)C(=O)NC(Cc1ccccc1)C(=O)O. The maximum Gasteiger partial charge on any atom is 0.326 e. The standard InChI is InChI=1S/C26H43N5O5S/c1-4-17(2)22(28)25(34)30-20(13-15-37-3)24(33)29-19(12-8-9-14-27)23(32)31-21(26(35)36)16-18-10-6-5-7-11-18/h5-7,10-11,17,19-22H,4,8-9,12-16,27-28H2,1-3H3,(H,29,33)(H,30,34)(H,31,32)(H,35,36). The number of carbonyl (C=O) groups excluding carboxylic acids is 3. The molecule has 0 heterocycles. The van der Waals surface area contributed by atoms with Crippen LogP contribution in [0.1, 0.15) is 51.5 Å². The zero-order valence-corrected chi connectivity index (χ0v) is 22.9. The maximum atomic E-state index is 13.2. The third-order valence-corrected chi connectivity index (χ3v) is 6.92. The summed E-state index contributed by atoms with van der Waals surface area (Å²) in [5.74, 6) is -2.15. The van der Waals surface area contributed by atoms with Gasteiger partial charge in [0.1, 0.15) is 18.1 Å². The van der Waals surface area contributed by atoms with Crippen molar-refractivity contribution in [1.82, 2.24) is 16.0 Å². The summed E-state index contributed by atoms with van der Waals surface area (Å²) >= 11 is 1.53. The van der Waals surface area contributed by atoms with E-state index in [1.54, 1.807) is 24.3 Å². The van der Waals surface area contributed by atoms with Crippen molar-refractivity contribution in [1.29, 1.82) is 0 Å². The Morgan fingerprint density at radius 1 is 0.919 bits per heavy atom. The fourth-order valence-electron chi connectivity index (χ4n) is 3.64. The van der Waals surface area contributed by atoms with E-state index in [1.165, 1.54) is 11.8 Å². The molecule has 1 aromatic carbocycles. The molecule has 0 spiro atoms. The van der Waals surface area contributed by atoms with E-state index in [0.29, 0.717) is 38.0 Å². The second-order valence-corrected chi connectivity index (χ2v) is 10.2.